The van der Waals surface area contributed by atoms with Gasteiger partial charge in [0.2, 0.25) is 10.0 Å². The van der Waals surface area contributed by atoms with Gasteiger partial charge >= 0.3 is 0 Å². The maximum absolute atomic E-state index is 12.3. The van der Waals surface area contributed by atoms with Crippen molar-refractivity contribution in [3.63, 3.8) is 0 Å². The lowest BCUT2D eigenvalue weighted by molar-refractivity contribution is 0.0264. The molecule has 0 bridgehead atoms. The van der Waals surface area contributed by atoms with Crippen molar-refractivity contribution in [2.24, 2.45) is 11.3 Å². The Morgan fingerprint density at radius 2 is 2.14 bits per heavy atom. The van der Waals surface area contributed by atoms with Crippen molar-refractivity contribution in [3.05, 3.63) is 17.3 Å². The van der Waals surface area contributed by atoms with Crippen molar-refractivity contribution in [2.75, 3.05) is 25.2 Å². The molecule has 0 aromatic carbocycles. The number of pyridine rings is 1. The van der Waals surface area contributed by atoms with Gasteiger partial charge in [-0.1, -0.05) is 18.5 Å². The van der Waals surface area contributed by atoms with Crippen LogP contribution in [-0.2, 0) is 14.8 Å². The molecular formula is C12H19ClN4O3S. The van der Waals surface area contributed by atoms with Crippen LogP contribution in [0.2, 0.25) is 5.02 Å². The molecule has 0 atom stereocenters. The van der Waals surface area contributed by atoms with Gasteiger partial charge in [-0.05, 0) is 24.3 Å². The summed E-state index contributed by atoms with van der Waals surface area (Å²) in [6, 6.07) is 1.32. The van der Waals surface area contributed by atoms with Gasteiger partial charge in [0.05, 0.1) is 5.02 Å². The second kappa shape index (κ2) is 6.45. The molecule has 21 heavy (non-hydrogen) atoms. The van der Waals surface area contributed by atoms with E-state index >= 15 is 0 Å². The number of ether oxygens (including phenoxy) is 1. The van der Waals surface area contributed by atoms with Crippen LogP contribution in [0.1, 0.15) is 19.8 Å². The number of sulfonamides is 1. The maximum Gasteiger partial charge on any atom is 0.242 e. The third kappa shape index (κ3) is 4.04. The lowest BCUT2D eigenvalue weighted by atomic mass is 9.83. The maximum atomic E-state index is 12.3. The van der Waals surface area contributed by atoms with E-state index in [1.165, 1.54) is 12.3 Å². The summed E-state index contributed by atoms with van der Waals surface area (Å²) < 4.78 is 32.5. The highest BCUT2D eigenvalue weighted by atomic mass is 35.5. The first-order valence-electron chi connectivity index (χ1n) is 6.56. The third-order valence-corrected chi connectivity index (χ3v) is 5.31. The molecule has 1 saturated heterocycles. The summed E-state index contributed by atoms with van der Waals surface area (Å²) in [5.41, 5.74) is 2.20. The fraction of sp³-hybridized carbons (Fsp3) is 0.583. The van der Waals surface area contributed by atoms with E-state index in [2.05, 4.69) is 15.1 Å². The Morgan fingerprint density at radius 1 is 1.48 bits per heavy atom. The highest BCUT2D eigenvalue weighted by Crippen LogP contribution is 2.29. The molecule has 1 aliphatic rings. The number of anilines is 1. The number of nitrogen functional groups attached to an aromatic ring is 1. The fourth-order valence-electron chi connectivity index (χ4n) is 2.07. The van der Waals surface area contributed by atoms with Crippen LogP contribution in [0, 0.1) is 5.41 Å². The van der Waals surface area contributed by atoms with E-state index in [4.69, 9.17) is 22.2 Å². The van der Waals surface area contributed by atoms with Gasteiger partial charge in [-0.15, -0.1) is 0 Å². The van der Waals surface area contributed by atoms with Gasteiger partial charge < -0.3 is 10.2 Å². The summed E-state index contributed by atoms with van der Waals surface area (Å²) in [5.74, 6) is 5.44. The van der Waals surface area contributed by atoms with E-state index in [9.17, 15) is 8.42 Å². The van der Waals surface area contributed by atoms with Crippen molar-refractivity contribution < 1.29 is 13.2 Å². The second-order valence-corrected chi connectivity index (χ2v) is 7.57. The standard InChI is InChI=1S/C12H19ClN4O3S/c1-12(2-4-20-5-3-12)8-16-21(18,19)9-6-10(13)11(17-14)15-7-9/h6-7,16H,2-5,8,14H2,1H3,(H,15,17). The van der Waals surface area contributed by atoms with E-state index in [0.29, 0.717) is 19.8 Å². The van der Waals surface area contributed by atoms with Crippen LogP contribution < -0.4 is 16.0 Å². The van der Waals surface area contributed by atoms with Crippen LogP contribution in [0.15, 0.2) is 17.2 Å². The molecule has 0 spiro atoms. The number of hydrazine groups is 1. The molecule has 2 rings (SSSR count). The van der Waals surface area contributed by atoms with Crippen LogP contribution in [-0.4, -0.2) is 33.2 Å². The number of rotatable bonds is 5. The Balaban J connectivity index is 2.09. The number of halogens is 1. The second-order valence-electron chi connectivity index (χ2n) is 5.39. The molecule has 4 N–H and O–H groups in total. The Labute approximate surface area is 129 Å². The SMILES string of the molecule is CC1(CNS(=O)(=O)c2cnc(NN)c(Cl)c2)CCOCC1. The van der Waals surface area contributed by atoms with Crippen LogP contribution >= 0.6 is 11.6 Å². The lowest BCUT2D eigenvalue weighted by Gasteiger charge is -2.33. The molecule has 1 aliphatic heterocycles. The van der Waals surface area contributed by atoms with Gasteiger partial charge in [0, 0.05) is 26.0 Å². The summed E-state index contributed by atoms with van der Waals surface area (Å²) in [6.45, 7) is 3.71. The molecule has 1 fully saturated rings. The lowest BCUT2D eigenvalue weighted by Crippen LogP contribution is -2.39. The monoisotopic (exact) mass is 334 g/mol. The predicted octanol–water partition coefficient (Wildman–Crippen LogP) is 1.12. The molecule has 1 aromatic heterocycles. The molecule has 0 saturated carbocycles. The minimum absolute atomic E-state index is 0.0159. The van der Waals surface area contributed by atoms with E-state index in [0.717, 1.165) is 12.8 Å². The molecule has 7 nitrogen and oxygen atoms in total. The minimum atomic E-state index is -3.65. The van der Waals surface area contributed by atoms with E-state index in [-0.39, 0.29) is 21.2 Å². The van der Waals surface area contributed by atoms with Crippen molar-refractivity contribution in [2.45, 2.75) is 24.7 Å². The summed E-state index contributed by atoms with van der Waals surface area (Å²) in [5, 5.41) is 0.151. The number of hydrogen-bond donors (Lipinski definition) is 3. The Kier molecular flexibility index (Phi) is 5.05. The van der Waals surface area contributed by atoms with Gasteiger partial charge in [-0.2, -0.15) is 0 Å². The molecule has 0 unspecified atom stereocenters. The van der Waals surface area contributed by atoms with Gasteiger partial charge in [0.25, 0.3) is 0 Å². The predicted molar refractivity (Wildman–Crippen MR) is 80.4 cm³/mol. The van der Waals surface area contributed by atoms with Gasteiger partial charge in [-0.25, -0.2) is 24.0 Å². The van der Waals surface area contributed by atoms with E-state index in [1.807, 2.05) is 6.92 Å². The van der Waals surface area contributed by atoms with E-state index < -0.39 is 10.0 Å². The van der Waals surface area contributed by atoms with Crippen LogP contribution in [0.3, 0.4) is 0 Å². The van der Waals surface area contributed by atoms with E-state index in [1.54, 1.807) is 0 Å². The Bertz CT molecular complexity index is 603. The minimum Gasteiger partial charge on any atom is -0.381 e. The first-order valence-corrected chi connectivity index (χ1v) is 8.42. The van der Waals surface area contributed by atoms with Crippen molar-refractivity contribution >= 4 is 27.4 Å². The third-order valence-electron chi connectivity index (χ3n) is 3.65. The molecule has 0 aliphatic carbocycles. The van der Waals surface area contributed by atoms with Crippen LogP contribution in [0.4, 0.5) is 5.82 Å². The van der Waals surface area contributed by atoms with Crippen LogP contribution in [0.5, 0.6) is 0 Å². The molecule has 9 heteroatoms. The Hall–Kier alpha value is -0.930. The molecule has 118 valence electrons. The summed E-state index contributed by atoms with van der Waals surface area (Å²) >= 11 is 5.90. The number of aromatic nitrogens is 1. The topological polar surface area (TPSA) is 106 Å². The molecule has 0 radical (unpaired) electrons. The highest BCUT2D eigenvalue weighted by Gasteiger charge is 2.29. The quantitative estimate of drug-likeness (QED) is 0.550. The zero-order valence-electron chi connectivity index (χ0n) is 11.7. The first kappa shape index (κ1) is 16.4. The molecular weight excluding hydrogens is 316 g/mol. The van der Waals surface area contributed by atoms with Gasteiger partial charge in [-0.3, -0.25) is 0 Å². The summed E-state index contributed by atoms with van der Waals surface area (Å²) in [4.78, 5) is 3.88. The number of nitrogens with two attached hydrogens (primary N) is 1. The number of nitrogens with one attached hydrogen (secondary N) is 2. The average molecular weight is 335 g/mol. The largest absolute Gasteiger partial charge is 0.381 e. The number of nitrogens with zero attached hydrogens (tertiary/aromatic N) is 1. The van der Waals surface area contributed by atoms with Crippen molar-refractivity contribution in [3.8, 4) is 0 Å². The summed E-state index contributed by atoms with van der Waals surface area (Å²) in [7, 11) is -3.65. The fourth-order valence-corrected chi connectivity index (χ4v) is 3.52. The first-order chi connectivity index (χ1) is 9.86. The van der Waals surface area contributed by atoms with Gasteiger partial charge in [0.1, 0.15) is 4.90 Å². The zero-order valence-corrected chi connectivity index (χ0v) is 13.3. The summed E-state index contributed by atoms with van der Waals surface area (Å²) in [6.07, 6.45) is 2.87. The van der Waals surface area contributed by atoms with Crippen molar-refractivity contribution in [1.82, 2.24) is 9.71 Å². The zero-order chi connectivity index (χ0) is 15.5. The normalized spacial score (nSPS) is 18.4. The molecule has 0 amide bonds. The highest BCUT2D eigenvalue weighted by molar-refractivity contribution is 7.89. The number of hydrogen-bond acceptors (Lipinski definition) is 6. The molecule has 1 aromatic rings. The molecule has 2 heterocycles. The van der Waals surface area contributed by atoms with Crippen molar-refractivity contribution in [1.29, 1.82) is 0 Å². The van der Waals surface area contributed by atoms with Crippen LogP contribution in [0.25, 0.3) is 0 Å². The smallest absolute Gasteiger partial charge is 0.242 e. The van der Waals surface area contributed by atoms with Gasteiger partial charge in [0.15, 0.2) is 5.82 Å². The average Bonchev–Trinajstić information content (AvgIpc) is 2.46. The Morgan fingerprint density at radius 3 is 2.71 bits per heavy atom.